The van der Waals surface area contributed by atoms with E-state index in [0.717, 1.165) is 22.4 Å². The maximum absolute atomic E-state index is 9.23. The summed E-state index contributed by atoms with van der Waals surface area (Å²) in [6.07, 6.45) is 1.99. The number of halogens is 1. The molecule has 2 nitrogen and oxygen atoms in total. The highest BCUT2D eigenvalue weighted by Crippen LogP contribution is 2.28. The van der Waals surface area contributed by atoms with E-state index >= 15 is 0 Å². The second-order valence-corrected chi connectivity index (χ2v) is 5.33. The summed E-state index contributed by atoms with van der Waals surface area (Å²) in [6, 6.07) is 4.13. The summed E-state index contributed by atoms with van der Waals surface area (Å²) in [7, 11) is 0. The summed E-state index contributed by atoms with van der Waals surface area (Å²) in [5.41, 5.74) is 2.73. The molecule has 1 aromatic rings. The first kappa shape index (κ1) is 14.3. The van der Waals surface area contributed by atoms with Gasteiger partial charge in [-0.25, -0.2) is 0 Å². The number of aryl methyl sites for hydroxylation is 2. The van der Waals surface area contributed by atoms with E-state index in [9.17, 15) is 5.11 Å². The predicted molar refractivity (Wildman–Crippen MR) is 75.7 cm³/mol. The monoisotopic (exact) mass is 298 g/mol. The summed E-state index contributed by atoms with van der Waals surface area (Å²) >= 11 is 3.27. The molecule has 0 aliphatic rings. The molecular weight excluding hydrogens is 280 g/mol. The molecular formula is C14H19BrO2. The molecule has 3 heteroatoms. The second-order valence-electron chi connectivity index (χ2n) is 4.80. The Kier molecular flexibility index (Phi) is 4.78. The fourth-order valence-electron chi connectivity index (χ4n) is 1.62. The average Bonchev–Trinajstić information content (AvgIpc) is 2.24. The molecule has 94 valence electrons. The van der Waals surface area contributed by atoms with Crippen molar-refractivity contribution in [3.05, 3.63) is 33.8 Å². The molecule has 0 saturated heterocycles. The third kappa shape index (κ3) is 3.86. The lowest BCUT2D eigenvalue weighted by molar-refractivity contribution is 0.0401. The molecule has 0 aliphatic heterocycles. The Morgan fingerprint density at radius 1 is 1.29 bits per heavy atom. The van der Waals surface area contributed by atoms with E-state index in [-0.39, 0.29) is 6.61 Å². The number of aliphatic hydroxyl groups excluding tert-OH is 1. The van der Waals surface area contributed by atoms with Crippen LogP contribution < -0.4 is 4.74 Å². The highest BCUT2D eigenvalue weighted by atomic mass is 79.9. The van der Waals surface area contributed by atoms with Crippen molar-refractivity contribution in [2.24, 2.45) is 0 Å². The topological polar surface area (TPSA) is 29.5 Å². The first-order chi connectivity index (χ1) is 7.89. The molecule has 0 radical (unpaired) electrons. The lowest BCUT2D eigenvalue weighted by Crippen LogP contribution is -2.33. The van der Waals surface area contributed by atoms with Gasteiger partial charge in [0.2, 0.25) is 0 Å². The molecule has 0 bridgehead atoms. The number of aliphatic hydroxyl groups is 1. The van der Waals surface area contributed by atoms with Gasteiger partial charge in [-0.3, -0.25) is 0 Å². The van der Waals surface area contributed by atoms with Gasteiger partial charge in [0.15, 0.2) is 0 Å². The minimum Gasteiger partial charge on any atom is -0.485 e. The van der Waals surface area contributed by atoms with Crippen LogP contribution in [-0.4, -0.2) is 17.3 Å². The van der Waals surface area contributed by atoms with Crippen LogP contribution >= 0.6 is 15.9 Å². The van der Waals surface area contributed by atoms with Crippen molar-refractivity contribution in [3.8, 4) is 5.75 Å². The van der Waals surface area contributed by atoms with Gasteiger partial charge in [0.1, 0.15) is 11.4 Å². The van der Waals surface area contributed by atoms with E-state index in [1.54, 1.807) is 0 Å². The third-order valence-corrected chi connectivity index (χ3v) is 2.76. The Labute approximate surface area is 111 Å². The van der Waals surface area contributed by atoms with Crippen LogP contribution in [0.3, 0.4) is 0 Å². The highest BCUT2D eigenvalue weighted by Gasteiger charge is 2.20. The van der Waals surface area contributed by atoms with Crippen molar-refractivity contribution in [3.63, 3.8) is 0 Å². The molecule has 0 spiro atoms. The van der Waals surface area contributed by atoms with Crippen LogP contribution in [0.15, 0.2) is 17.1 Å². The number of ether oxygens (including phenoxy) is 1. The third-order valence-electron chi connectivity index (χ3n) is 2.50. The van der Waals surface area contributed by atoms with Crippen LogP contribution in [0.4, 0.5) is 0 Å². The Bertz CT molecular complexity index is 399. The van der Waals surface area contributed by atoms with Gasteiger partial charge in [0.05, 0.1) is 6.61 Å². The van der Waals surface area contributed by atoms with Crippen molar-refractivity contribution in [2.45, 2.75) is 33.3 Å². The molecule has 0 heterocycles. The molecule has 17 heavy (non-hydrogen) atoms. The first-order valence-electron chi connectivity index (χ1n) is 5.57. The molecule has 0 aliphatic carbocycles. The van der Waals surface area contributed by atoms with Crippen molar-refractivity contribution in [1.82, 2.24) is 0 Å². The molecule has 0 atom stereocenters. The normalized spacial score (nSPS) is 12.1. The van der Waals surface area contributed by atoms with Gasteiger partial charge in [-0.05, 0) is 67.6 Å². The second kappa shape index (κ2) is 5.69. The van der Waals surface area contributed by atoms with Crippen LogP contribution in [0.2, 0.25) is 0 Å². The van der Waals surface area contributed by atoms with E-state index in [1.165, 1.54) is 0 Å². The van der Waals surface area contributed by atoms with E-state index in [4.69, 9.17) is 4.74 Å². The summed E-state index contributed by atoms with van der Waals surface area (Å²) in [6.45, 7) is 7.77. The Balaban J connectivity index is 3.10. The van der Waals surface area contributed by atoms with Crippen molar-refractivity contribution < 1.29 is 9.84 Å². The van der Waals surface area contributed by atoms with Crippen LogP contribution in [0, 0.1) is 13.8 Å². The van der Waals surface area contributed by atoms with Crippen LogP contribution in [0.5, 0.6) is 5.75 Å². The molecule has 1 aromatic carbocycles. The van der Waals surface area contributed by atoms with Gasteiger partial charge in [0, 0.05) is 0 Å². The van der Waals surface area contributed by atoms with Crippen molar-refractivity contribution >= 4 is 22.0 Å². The summed E-state index contributed by atoms with van der Waals surface area (Å²) < 4.78 is 5.86. The molecule has 1 rings (SSSR count). The number of rotatable bonds is 4. The first-order valence-corrected chi connectivity index (χ1v) is 6.49. The van der Waals surface area contributed by atoms with Gasteiger partial charge >= 0.3 is 0 Å². The van der Waals surface area contributed by atoms with E-state index in [0.29, 0.717) is 0 Å². The Morgan fingerprint density at radius 3 is 2.24 bits per heavy atom. The predicted octanol–water partition coefficient (Wildman–Crippen LogP) is 3.82. The lowest BCUT2D eigenvalue weighted by atomic mass is 10.0. The minimum atomic E-state index is -0.553. The summed E-state index contributed by atoms with van der Waals surface area (Å²) in [4.78, 5) is 1.83. The van der Waals surface area contributed by atoms with Crippen molar-refractivity contribution in [1.29, 1.82) is 0 Å². The van der Waals surface area contributed by atoms with E-state index < -0.39 is 5.60 Å². The largest absolute Gasteiger partial charge is 0.485 e. The zero-order valence-corrected chi connectivity index (χ0v) is 12.3. The highest BCUT2D eigenvalue weighted by molar-refractivity contribution is 9.11. The van der Waals surface area contributed by atoms with Gasteiger partial charge in [-0.15, -0.1) is 0 Å². The maximum Gasteiger partial charge on any atom is 0.126 e. The summed E-state index contributed by atoms with van der Waals surface area (Å²) in [5.74, 6) is 0.857. The smallest absolute Gasteiger partial charge is 0.126 e. The standard InChI is InChI=1S/C14H19BrO2/c1-10-7-12(5-6-15)8-11(2)13(10)17-14(3,4)9-16/h5-8,16H,9H2,1-4H3/b6-5+. The quantitative estimate of drug-likeness (QED) is 0.916. The van der Waals surface area contributed by atoms with Gasteiger partial charge in [-0.1, -0.05) is 15.9 Å². The fraction of sp³-hybridized carbons (Fsp3) is 0.429. The molecule has 0 aromatic heterocycles. The number of hydrogen-bond donors (Lipinski definition) is 1. The van der Waals surface area contributed by atoms with Crippen LogP contribution in [0.1, 0.15) is 30.5 Å². The molecule has 0 saturated carbocycles. The number of hydrogen-bond acceptors (Lipinski definition) is 2. The average molecular weight is 299 g/mol. The Morgan fingerprint density at radius 2 is 1.82 bits per heavy atom. The van der Waals surface area contributed by atoms with Crippen LogP contribution in [0.25, 0.3) is 6.08 Å². The molecule has 0 fully saturated rings. The number of benzene rings is 1. The van der Waals surface area contributed by atoms with Crippen molar-refractivity contribution in [2.75, 3.05) is 6.61 Å². The van der Waals surface area contributed by atoms with Gasteiger partial charge in [0.25, 0.3) is 0 Å². The summed E-state index contributed by atoms with van der Waals surface area (Å²) in [5, 5.41) is 9.23. The molecule has 0 unspecified atom stereocenters. The molecule has 0 amide bonds. The maximum atomic E-state index is 9.23. The van der Waals surface area contributed by atoms with E-state index in [1.807, 2.05) is 38.8 Å². The van der Waals surface area contributed by atoms with Gasteiger partial charge < -0.3 is 9.84 Å². The zero-order valence-electron chi connectivity index (χ0n) is 10.7. The van der Waals surface area contributed by atoms with Crippen LogP contribution in [-0.2, 0) is 0 Å². The SMILES string of the molecule is Cc1cc(/C=C/Br)cc(C)c1OC(C)(C)CO. The van der Waals surface area contributed by atoms with Gasteiger partial charge in [-0.2, -0.15) is 0 Å². The van der Waals surface area contributed by atoms with E-state index in [2.05, 4.69) is 28.1 Å². The lowest BCUT2D eigenvalue weighted by Gasteiger charge is -2.26. The Hall–Kier alpha value is -0.800. The zero-order chi connectivity index (χ0) is 13.1. The minimum absolute atomic E-state index is 0.00503. The fourth-order valence-corrected chi connectivity index (χ4v) is 1.93. The molecule has 1 N–H and O–H groups in total.